The van der Waals surface area contributed by atoms with Crippen LogP contribution < -0.4 is 5.32 Å². The van der Waals surface area contributed by atoms with E-state index < -0.39 is 0 Å². The van der Waals surface area contributed by atoms with Crippen LogP contribution in [0.1, 0.15) is 17.2 Å². The van der Waals surface area contributed by atoms with Crippen molar-refractivity contribution in [2.24, 2.45) is 0 Å². The van der Waals surface area contributed by atoms with Crippen molar-refractivity contribution in [3.8, 4) is 0 Å². The number of halogens is 1. The highest BCUT2D eigenvalue weighted by Gasteiger charge is 2.44. The molecule has 1 aromatic carbocycles. The Morgan fingerprint density at radius 1 is 1.24 bits per heavy atom. The number of ether oxygens (including phenoxy) is 1. The molecule has 2 fully saturated rings. The van der Waals surface area contributed by atoms with Crippen LogP contribution in [0.15, 0.2) is 48.7 Å². The average Bonchev–Trinajstić information content (AvgIpc) is 2.86. The maximum absolute atomic E-state index is 13.1. The molecule has 0 radical (unpaired) electrons. The topological polar surface area (TPSA) is 54.5 Å². The highest BCUT2D eigenvalue weighted by Crippen LogP contribution is 2.35. The number of carbonyl (C=O) groups is 1. The number of fused-ring (bicyclic) bond motifs is 1. The fraction of sp³-hybridized carbons (Fsp3) is 0.368. The van der Waals surface area contributed by atoms with E-state index in [0.29, 0.717) is 13.1 Å². The zero-order valence-electron chi connectivity index (χ0n) is 13.8. The molecule has 0 spiro atoms. The lowest BCUT2D eigenvalue weighted by atomic mass is 9.93. The van der Waals surface area contributed by atoms with E-state index in [1.807, 2.05) is 18.2 Å². The summed E-state index contributed by atoms with van der Waals surface area (Å²) >= 11 is 0. The van der Waals surface area contributed by atoms with E-state index in [2.05, 4.69) is 27.3 Å². The molecule has 3 heterocycles. The van der Waals surface area contributed by atoms with Gasteiger partial charge in [0.2, 0.25) is 5.91 Å². The van der Waals surface area contributed by atoms with E-state index in [1.54, 1.807) is 6.07 Å². The molecule has 0 saturated carbocycles. The molecule has 6 heteroatoms. The minimum atomic E-state index is -0.338. The normalized spacial score (nSPS) is 26.8. The Balaban J connectivity index is 1.60. The number of benzene rings is 1. The third kappa shape index (κ3) is 3.41. The summed E-state index contributed by atoms with van der Waals surface area (Å²) in [6.07, 6.45) is 1.19. The predicted octanol–water partition coefficient (Wildman–Crippen LogP) is 1.70. The molecule has 0 bridgehead atoms. The highest BCUT2D eigenvalue weighted by molar-refractivity contribution is 5.77. The Hall–Kier alpha value is -2.31. The zero-order chi connectivity index (χ0) is 17.2. The zero-order valence-corrected chi connectivity index (χ0v) is 13.8. The van der Waals surface area contributed by atoms with Crippen molar-refractivity contribution >= 4 is 5.91 Å². The Labute approximate surface area is 145 Å². The summed E-state index contributed by atoms with van der Waals surface area (Å²) in [5.74, 6) is -0.226. The van der Waals surface area contributed by atoms with Crippen molar-refractivity contribution in [1.29, 1.82) is 0 Å². The van der Waals surface area contributed by atoms with E-state index in [0.717, 1.165) is 12.2 Å². The van der Waals surface area contributed by atoms with Crippen LogP contribution >= 0.6 is 0 Å². The van der Waals surface area contributed by atoms with Gasteiger partial charge in [0.05, 0.1) is 24.0 Å². The first-order chi connectivity index (χ1) is 12.2. The monoisotopic (exact) mass is 341 g/mol. The van der Waals surface area contributed by atoms with Crippen LogP contribution in [-0.2, 0) is 16.1 Å². The summed E-state index contributed by atoms with van der Waals surface area (Å²) in [7, 11) is 0. The lowest BCUT2D eigenvalue weighted by Gasteiger charge is -2.25. The quantitative estimate of drug-likeness (QED) is 0.923. The number of hydrogen-bond acceptors (Lipinski definition) is 4. The van der Waals surface area contributed by atoms with Gasteiger partial charge in [-0.3, -0.25) is 14.7 Å². The summed E-state index contributed by atoms with van der Waals surface area (Å²) in [6, 6.07) is 13.4. The Kier molecular flexibility index (Phi) is 4.46. The van der Waals surface area contributed by atoms with E-state index in [1.165, 1.54) is 17.8 Å². The summed E-state index contributed by atoms with van der Waals surface area (Å²) in [4.78, 5) is 18.2. The Morgan fingerprint density at radius 2 is 2.08 bits per heavy atom. The highest BCUT2D eigenvalue weighted by atomic mass is 19.1. The van der Waals surface area contributed by atoms with Gasteiger partial charge in [-0.2, -0.15) is 0 Å². The third-order valence-electron chi connectivity index (χ3n) is 4.97. The first-order valence-electron chi connectivity index (χ1n) is 8.48. The second-order valence-corrected chi connectivity index (χ2v) is 6.56. The van der Waals surface area contributed by atoms with Crippen LogP contribution in [-0.4, -0.2) is 47.6 Å². The number of aromatic nitrogens is 1. The SMILES string of the molecule is O=C1CO[C@@H]2[C@@H](c3ccccc3)CN(Cc3ccc(F)cn3)[C@@H]2CN1. The maximum Gasteiger partial charge on any atom is 0.246 e. The number of likely N-dealkylation sites (tertiary alicyclic amines) is 1. The van der Waals surface area contributed by atoms with Crippen molar-refractivity contribution in [2.75, 3.05) is 19.7 Å². The molecule has 130 valence electrons. The lowest BCUT2D eigenvalue weighted by molar-refractivity contribution is -0.125. The van der Waals surface area contributed by atoms with Gasteiger partial charge in [-0.05, 0) is 17.7 Å². The standard InChI is InChI=1S/C19H20FN3O2/c20-14-6-7-15(21-8-14)10-23-11-16(13-4-2-1-3-5-13)19-17(23)9-22-18(24)12-25-19/h1-8,16-17,19H,9-12H2,(H,22,24)/t16-,17-,19-/m1/s1. The molecular formula is C19H20FN3O2. The molecular weight excluding hydrogens is 321 g/mol. The third-order valence-corrected chi connectivity index (χ3v) is 4.97. The van der Waals surface area contributed by atoms with Gasteiger partial charge in [0.1, 0.15) is 12.4 Å². The van der Waals surface area contributed by atoms with E-state index in [9.17, 15) is 9.18 Å². The van der Waals surface area contributed by atoms with Crippen molar-refractivity contribution in [2.45, 2.75) is 24.6 Å². The van der Waals surface area contributed by atoms with Crippen LogP contribution in [0.5, 0.6) is 0 Å². The Bertz CT molecular complexity index is 738. The molecule has 4 rings (SSSR count). The van der Waals surface area contributed by atoms with Gasteiger partial charge in [-0.15, -0.1) is 0 Å². The smallest absolute Gasteiger partial charge is 0.246 e. The largest absolute Gasteiger partial charge is 0.366 e. The predicted molar refractivity (Wildman–Crippen MR) is 90.3 cm³/mol. The van der Waals surface area contributed by atoms with E-state index in [-0.39, 0.29) is 36.4 Å². The summed E-state index contributed by atoms with van der Waals surface area (Å²) < 4.78 is 19.1. The second kappa shape index (κ2) is 6.90. The van der Waals surface area contributed by atoms with Crippen molar-refractivity contribution in [3.63, 3.8) is 0 Å². The average molecular weight is 341 g/mol. The molecule has 0 aliphatic carbocycles. The summed E-state index contributed by atoms with van der Waals surface area (Å²) in [6.45, 7) is 2.06. The number of hydrogen-bond donors (Lipinski definition) is 1. The lowest BCUT2D eigenvalue weighted by Crippen LogP contribution is -2.42. The molecule has 1 N–H and O–H groups in total. The number of nitrogens with one attached hydrogen (secondary N) is 1. The van der Waals surface area contributed by atoms with Gasteiger partial charge >= 0.3 is 0 Å². The Morgan fingerprint density at radius 3 is 2.84 bits per heavy atom. The number of nitrogens with zero attached hydrogens (tertiary/aromatic N) is 2. The molecule has 3 atom stereocenters. The number of pyridine rings is 1. The first-order valence-corrected chi connectivity index (χ1v) is 8.48. The molecule has 2 saturated heterocycles. The van der Waals surface area contributed by atoms with Crippen LogP contribution in [0.2, 0.25) is 0 Å². The minimum absolute atomic E-state index is 0.0539. The first kappa shape index (κ1) is 16.2. The molecule has 0 unspecified atom stereocenters. The molecule has 5 nitrogen and oxygen atoms in total. The molecule has 1 amide bonds. The number of amides is 1. The maximum atomic E-state index is 13.1. The number of carbonyl (C=O) groups excluding carboxylic acids is 1. The van der Waals surface area contributed by atoms with Gasteiger partial charge in [0.15, 0.2) is 0 Å². The van der Waals surface area contributed by atoms with Crippen LogP contribution in [0.4, 0.5) is 4.39 Å². The summed E-state index contributed by atoms with van der Waals surface area (Å²) in [5, 5.41) is 2.93. The van der Waals surface area contributed by atoms with Crippen molar-refractivity contribution < 1.29 is 13.9 Å². The van der Waals surface area contributed by atoms with E-state index in [4.69, 9.17) is 4.74 Å². The molecule has 2 aliphatic rings. The van der Waals surface area contributed by atoms with Crippen LogP contribution in [0.25, 0.3) is 0 Å². The summed E-state index contributed by atoms with van der Waals surface area (Å²) in [5.41, 5.74) is 2.02. The van der Waals surface area contributed by atoms with Gasteiger partial charge in [0.25, 0.3) is 0 Å². The molecule has 1 aromatic heterocycles. The molecule has 2 aromatic rings. The van der Waals surface area contributed by atoms with Gasteiger partial charge < -0.3 is 10.1 Å². The molecule has 25 heavy (non-hydrogen) atoms. The fourth-order valence-electron chi connectivity index (χ4n) is 3.77. The van der Waals surface area contributed by atoms with Crippen molar-refractivity contribution in [3.05, 3.63) is 65.7 Å². The fourth-order valence-corrected chi connectivity index (χ4v) is 3.77. The van der Waals surface area contributed by atoms with Gasteiger partial charge in [-0.25, -0.2) is 4.39 Å². The van der Waals surface area contributed by atoms with E-state index >= 15 is 0 Å². The van der Waals surface area contributed by atoms with Crippen molar-refractivity contribution in [1.82, 2.24) is 15.2 Å². The second-order valence-electron chi connectivity index (χ2n) is 6.56. The van der Waals surface area contributed by atoms with Crippen LogP contribution in [0, 0.1) is 5.82 Å². The molecule has 2 aliphatic heterocycles. The number of rotatable bonds is 3. The van der Waals surface area contributed by atoms with Gasteiger partial charge in [-0.1, -0.05) is 30.3 Å². The van der Waals surface area contributed by atoms with Crippen LogP contribution in [0.3, 0.4) is 0 Å². The minimum Gasteiger partial charge on any atom is -0.366 e. The van der Waals surface area contributed by atoms with Gasteiger partial charge in [0, 0.05) is 25.6 Å².